The summed E-state index contributed by atoms with van der Waals surface area (Å²) < 4.78 is 6.06. The van der Waals surface area contributed by atoms with Crippen LogP contribution in [-0.2, 0) is 0 Å². The number of carbonyl (C=O) groups is 1. The Balaban J connectivity index is 1.64. The molecule has 0 fully saturated rings. The molecule has 1 aliphatic carbocycles. The van der Waals surface area contributed by atoms with Crippen LogP contribution in [0.5, 0.6) is 0 Å². The minimum atomic E-state index is 0.104. The van der Waals surface area contributed by atoms with E-state index in [0.717, 1.165) is 55.3 Å². The van der Waals surface area contributed by atoms with Crippen LogP contribution in [0.4, 0.5) is 0 Å². The van der Waals surface area contributed by atoms with Gasteiger partial charge in [-0.1, -0.05) is 66.7 Å². The smallest absolute Gasteiger partial charge is 0.194 e. The van der Waals surface area contributed by atoms with E-state index in [0.29, 0.717) is 0 Å². The Hall–Kier alpha value is -3.65. The molecule has 1 aromatic heterocycles. The number of para-hydroxylation sites is 1. The van der Waals surface area contributed by atoms with Gasteiger partial charge in [0.15, 0.2) is 5.78 Å². The minimum Gasteiger partial charge on any atom is -0.456 e. The quantitative estimate of drug-likeness (QED) is 0.342. The third-order valence-electron chi connectivity index (χ3n) is 5.44. The molecular formula is C25H14O2. The zero-order valence-corrected chi connectivity index (χ0v) is 14.4. The molecule has 0 amide bonds. The Bertz CT molecular complexity index is 1390. The summed E-state index contributed by atoms with van der Waals surface area (Å²) in [7, 11) is 0. The number of benzene rings is 4. The first kappa shape index (κ1) is 14.5. The van der Waals surface area contributed by atoms with Crippen LogP contribution in [0, 0.1) is 0 Å². The molecule has 126 valence electrons. The third kappa shape index (κ3) is 1.92. The molecule has 0 unspecified atom stereocenters. The van der Waals surface area contributed by atoms with Crippen molar-refractivity contribution in [2.24, 2.45) is 0 Å². The number of hydrogen-bond donors (Lipinski definition) is 0. The molecule has 0 N–H and O–H groups in total. The first-order valence-corrected chi connectivity index (χ1v) is 9.00. The average Bonchev–Trinajstić information content (AvgIpc) is 3.23. The van der Waals surface area contributed by atoms with E-state index in [1.807, 2.05) is 54.6 Å². The Morgan fingerprint density at radius 3 is 2.19 bits per heavy atom. The maximum absolute atomic E-state index is 12.8. The second-order valence-corrected chi connectivity index (χ2v) is 6.91. The number of rotatable bonds is 1. The van der Waals surface area contributed by atoms with E-state index < -0.39 is 0 Å². The van der Waals surface area contributed by atoms with Crippen molar-refractivity contribution >= 4 is 27.7 Å². The van der Waals surface area contributed by atoms with Gasteiger partial charge in [0.25, 0.3) is 0 Å². The summed E-state index contributed by atoms with van der Waals surface area (Å²) in [4.78, 5) is 12.8. The van der Waals surface area contributed by atoms with Crippen molar-refractivity contribution < 1.29 is 9.21 Å². The van der Waals surface area contributed by atoms with Gasteiger partial charge in [-0.25, -0.2) is 0 Å². The van der Waals surface area contributed by atoms with E-state index in [4.69, 9.17) is 4.42 Å². The Morgan fingerprint density at radius 2 is 1.26 bits per heavy atom. The molecule has 6 rings (SSSR count). The van der Waals surface area contributed by atoms with Gasteiger partial charge in [-0.3, -0.25) is 4.79 Å². The molecular weight excluding hydrogens is 332 g/mol. The predicted molar refractivity (Wildman–Crippen MR) is 108 cm³/mol. The molecule has 1 aliphatic rings. The van der Waals surface area contributed by atoms with Crippen LogP contribution in [0.1, 0.15) is 15.9 Å². The van der Waals surface area contributed by atoms with Gasteiger partial charge < -0.3 is 4.42 Å². The molecule has 0 aliphatic heterocycles. The molecule has 2 heteroatoms. The molecule has 0 atom stereocenters. The molecule has 0 saturated heterocycles. The van der Waals surface area contributed by atoms with E-state index in [9.17, 15) is 4.79 Å². The number of furan rings is 1. The highest BCUT2D eigenvalue weighted by Gasteiger charge is 2.28. The molecule has 0 saturated carbocycles. The minimum absolute atomic E-state index is 0.104. The van der Waals surface area contributed by atoms with Gasteiger partial charge in [-0.2, -0.15) is 0 Å². The van der Waals surface area contributed by atoms with Crippen LogP contribution in [0.2, 0.25) is 0 Å². The lowest BCUT2D eigenvalue weighted by Crippen LogP contribution is -1.94. The monoisotopic (exact) mass is 346 g/mol. The SMILES string of the molecule is O=C1c2ccccc2-c2c1cccc2-c1ccc2c(c1)oc1ccccc12. The first-order chi connectivity index (χ1) is 13.3. The van der Waals surface area contributed by atoms with Crippen LogP contribution in [-0.4, -0.2) is 5.78 Å². The topological polar surface area (TPSA) is 30.2 Å². The third-order valence-corrected chi connectivity index (χ3v) is 5.44. The summed E-state index contributed by atoms with van der Waals surface area (Å²) in [6, 6.07) is 28.2. The van der Waals surface area contributed by atoms with Crippen molar-refractivity contribution in [3.05, 3.63) is 96.1 Å². The van der Waals surface area contributed by atoms with Crippen molar-refractivity contribution in [1.82, 2.24) is 0 Å². The fourth-order valence-corrected chi connectivity index (χ4v) is 4.21. The Labute approximate surface area is 155 Å². The highest BCUT2D eigenvalue weighted by molar-refractivity contribution is 6.23. The van der Waals surface area contributed by atoms with Crippen molar-refractivity contribution in [3.63, 3.8) is 0 Å². The van der Waals surface area contributed by atoms with Gasteiger partial charge in [-0.05, 0) is 34.9 Å². The summed E-state index contributed by atoms with van der Waals surface area (Å²) in [6.45, 7) is 0. The van der Waals surface area contributed by atoms with Crippen LogP contribution in [0.25, 0.3) is 44.2 Å². The average molecular weight is 346 g/mol. The summed E-state index contributed by atoms with van der Waals surface area (Å²) >= 11 is 0. The highest BCUT2D eigenvalue weighted by atomic mass is 16.3. The highest BCUT2D eigenvalue weighted by Crippen LogP contribution is 2.43. The van der Waals surface area contributed by atoms with Gasteiger partial charge in [-0.15, -0.1) is 0 Å². The normalized spacial score (nSPS) is 12.5. The van der Waals surface area contributed by atoms with E-state index in [2.05, 4.69) is 30.3 Å². The number of ketones is 1. The van der Waals surface area contributed by atoms with Crippen LogP contribution in [0.3, 0.4) is 0 Å². The maximum atomic E-state index is 12.8. The summed E-state index contributed by atoms with van der Waals surface area (Å²) in [6.07, 6.45) is 0. The second kappa shape index (κ2) is 5.18. The van der Waals surface area contributed by atoms with Crippen LogP contribution < -0.4 is 0 Å². The van der Waals surface area contributed by atoms with Gasteiger partial charge in [0.2, 0.25) is 0 Å². The molecule has 2 nitrogen and oxygen atoms in total. The molecule has 27 heavy (non-hydrogen) atoms. The van der Waals surface area contributed by atoms with Gasteiger partial charge in [0, 0.05) is 27.5 Å². The van der Waals surface area contributed by atoms with E-state index in [1.165, 1.54) is 0 Å². The number of hydrogen-bond acceptors (Lipinski definition) is 2. The standard InChI is InChI=1S/C25H14O2/c26-25-20-8-2-1-7-19(20)24-16(9-5-10-21(24)25)15-12-13-18-17-6-3-4-11-22(17)27-23(18)14-15/h1-14H. The van der Waals surface area contributed by atoms with Gasteiger partial charge in [0.1, 0.15) is 11.2 Å². The van der Waals surface area contributed by atoms with E-state index >= 15 is 0 Å². The molecule has 1 heterocycles. The largest absolute Gasteiger partial charge is 0.456 e. The summed E-state index contributed by atoms with van der Waals surface area (Å²) in [5.74, 6) is 0.104. The fourth-order valence-electron chi connectivity index (χ4n) is 4.21. The van der Waals surface area contributed by atoms with Gasteiger partial charge >= 0.3 is 0 Å². The Morgan fingerprint density at radius 1 is 0.556 bits per heavy atom. The maximum Gasteiger partial charge on any atom is 0.194 e. The first-order valence-electron chi connectivity index (χ1n) is 9.00. The molecule has 0 spiro atoms. The lowest BCUT2D eigenvalue weighted by atomic mass is 9.94. The molecule has 0 radical (unpaired) electrons. The van der Waals surface area contributed by atoms with Crippen LogP contribution >= 0.6 is 0 Å². The van der Waals surface area contributed by atoms with Crippen molar-refractivity contribution in [2.75, 3.05) is 0 Å². The lowest BCUT2D eigenvalue weighted by molar-refractivity contribution is 0.104. The Kier molecular flexibility index (Phi) is 2.78. The zero-order chi connectivity index (χ0) is 18.0. The van der Waals surface area contributed by atoms with E-state index in [-0.39, 0.29) is 5.78 Å². The van der Waals surface area contributed by atoms with Crippen molar-refractivity contribution in [2.45, 2.75) is 0 Å². The number of carbonyl (C=O) groups excluding carboxylic acids is 1. The summed E-state index contributed by atoms with van der Waals surface area (Å²) in [5.41, 5.74) is 7.47. The van der Waals surface area contributed by atoms with Crippen LogP contribution in [0.15, 0.2) is 89.3 Å². The van der Waals surface area contributed by atoms with E-state index in [1.54, 1.807) is 0 Å². The molecule has 4 aromatic carbocycles. The van der Waals surface area contributed by atoms with Crippen molar-refractivity contribution in [1.29, 1.82) is 0 Å². The van der Waals surface area contributed by atoms with Crippen molar-refractivity contribution in [3.8, 4) is 22.3 Å². The fraction of sp³-hybridized carbons (Fsp3) is 0. The number of fused-ring (bicyclic) bond motifs is 6. The second-order valence-electron chi connectivity index (χ2n) is 6.91. The molecule has 0 bridgehead atoms. The molecule has 5 aromatic rings. The van der Waals surface area contributed by atoms with Gasteiger partial charge in [0.05, 0.1) is 0 Å². The summed E-state index contributed by atoms with van der Waals surface area (Å²) in [5, 5.41) is 2.23. The zero-order valence-electron chi connectivity index (χ0n) is 14.4. The lowest BCUT2D eigenvalue weighted by Gasteiger charge is -2.09. The predicted octanol–water partition coefficient (Wildman–Crippen LogP) is 6.46.